The standard InChI is InChI=1S/C15H19FN2O3/c1-9-6-7-18(13(9)14(19)20)15(21)17-10(2)11-4-3-5-12(16)8-11/h3-5,8-10,13H,6-7H2,1-2H3,(H,17,21)(H,19,20). The van der Waals surface area contributed by atoms with E-state index >= 15 is 0 Å². The van der Waals surface area contributed by atoms with Crippen molar-refractivity contribution in [3.63, 3.8) is 0 Å². The van der Waals surface area contributed by atoms with E-state index < -0.39 is 24.1 Å². The molecule has 1 aliphatic heterocycles. The molecular weight excluding hydrogens is 275 g/mol. The van der Waals surface area contributed by atoms with Crippen LogP contribution in [0.3, 0.4) is 0 Å². The first-order valence-corrected chi connectivity index (χ1v) is 6.95. The van der Waals surface area contributed by atoms with Crippen molar-refractivity contribution in [2.75, 3.05) is 6.54 Å². The minimum atomic E-state index is -0.992. The normalized spacial score (nSPS) is 22.9. The summed E-state index contributed by atoms with van der Waals surface area (Å²) in [7, 11) is 0. The fourth-order valence-electron chi connectivity index (χ4n) is 2.68. The van der Waals surface area contributed by atoms with Gasteiger partial charge in [-0.1, -0.05) is 19.1 Å². The van der Waals surface area contributed by atoms with Gasteiger partial charge in [0.2, 0.25) is 0 Å². The van der Waals surface area contributed by atoms with Gasteiger partial charge < -0.3 is 15.3 Å². The smallest absolute Gasteiger partial charge is 0.326 e. The average molecular weight is 294 g/mol. The van der Waals surface area contributed by atoms with E-state index in [1.807, 2.05) is 6.92 Å². The number of rotatable bonds is 3. The Labute approximate surface area is 122 Å². The Balaban J connectivity index is 2.06. The molecule has 0 radical (unpaired) electrons. The number of urea groups is 1. The number of carboxylic acid groups (broad SMARTS) is 1. The molecule has 2 rings (SSSR count). The van der Waals surface area contributed by atoms with Gasteiger partial charge in [0.15, 0.2) is 0 Å². The zero-order valence-electron chi connectivity index (χ0n) is 12.0. The Kier molecular flexibility index (Phi) is 4.45. The second-order valence-corrected chi connectivity index (χ2v) is 5.47. The maximum atomic E-state index is 13.2. The van der Waals surface area contributed by atoms with Gasteiger partial charge in [-0.2, -0.15) is 0 Å². The lowest BCUT2D eigenvalue weighted by Crippen LogP contribution is -2.48. The molecule has 3 atom stereocenters. The number of carbonyl (C=O) groups excluding carboxylic acids is 1. The van der Waals surface area contributed by atoms with Crippen LogP contribution >= 0.6 is 0 Å². The Hall–Kier alpha value is -2.11. The molecule has 21 heavy (non-hydrogen) atoms. The Morgan fingerprint density at radius 1 is 1.48 bits per heavy atom. The number of halogens is 1. The van der Waals surface area contributed by atoms with Crippen molar-refractivity contribution >= 4 is 12.0 Å². The largest absolute Gasteiger partial charge is 0.480 e. The van der Waals surface area contributed by atoms with Crippen LogP contribution in [0.25, 0.3) is 0 Å². The monoisotopic (exact) mass is 294 g/mol. The first-order chi connectivity index (χ1) is 9.90. The van der Waals surface area contributed by atoms with Crippen molar-refractivity contribution in [2.24, 2.45) is 5.92 Å². The summed E-state index contributed by atoms with van der Waals surface area (Å²) in [5.41, 5.74) is 0.641. The molecule has 2 amide bonds. The number of carbonyl (C=O) groups is 2. The first-order valence-electron chi connectivity index (χ1n) is 6.95. The van der Waals surface area contributed by atoms with Gasteiger partial charge in [0, 0.05) is 6.54 Å². The van der Waals surface area contributed by atoms with Gasteiger partial charge in [0.05, 0.1) is 6.04 Å². The van der Waals surface area contributed by atoms with Crippen LogP contribution in [0.15, 0.2) is 24.3 Å². The molecule has 0 aliphatic carbocycles. The molecule has 0 aromatic heterocycles. The number of benzene rings is 1. The van der Waals surface area contributed by atoms with Crippen molar-refractivity contribution in [1.82, 2.24) is 10.2 Å². The minimum Gasteiger partial charge on any atom is -0.480 e. The van der Waals surface area contributed by atoms with E-state index in [1.54, 1.807) is 19.1 Å². The van der Waals surface area contributed by atoms with Crippen molar-refractivity contribution in [2.45, 2.75) is 32.4 Å². The SMILES string of the molecule is CC(NC(=O)N1CCC(C)C1C(=O)O)c1cccc(F)c1. The van der Waals surface area contributed by atoms with Crippen LogP contribution in [-0.4, -0.2) is 34.6 Å². The molecule has 1 fully saturated rings. The van der Waals surface area contributed by atoms with Gasteiger partial charge in [0.25, 0.3) is 0 Å². The third-order valence-electron chi connectivity index (χ3n) is 3.90. The molecule has 0 spiro atoms. The van der Waals surface area contributed by atoms with Crippen molar-refractivity contribution in [3.05, 3.63) is 35.6 Å². The Bertz CT molecular complexity index is 549. The van der Waals surface area contributed by atoms with Crippen LogP contribution in [0.4, 0.5) is 9.18 Å². The highest BCUT2D eigenvalue weighted by Crippen LogP contribution is 2.25. The number of aliphatic carboxylic acids is 1. The Morgan fingerprint density at radius 2 is 2.19 bits per heavy atom. The summed E-state index contributed by atoms with van der Waals surface area (Å²) in [4.78, 5) is 24.8. The molecule has 6 heteroatoms. The maximum Gasteiger partial charge on any atom is 0.326 e. The van der Waals surface area contributed by atoms with E-state index in [-0.39, 0.29) is 11.7 Å². The van der Waals surface area contributed by atoms with Gasteiger partial charge in [-0.05, 0) is 37.0 Å². The zero-order valence-corrected chi connectivity index (χ0v) is 12.0. The maximum absolute atomic E-state index is 13.2. The van der Waals surface area contributed by atoms with Crippen LogP contribution in [0.5, 0.6) is 0 Å². The lowest BCUT2D eigenvalue weighted by atomic mass is 10.0. The first kappa shape index (κ1) is 15.3. The molecule has 3 unspecified atom stereocenters. The molecule has 1 saturated heterocycles. The second kappa shape index (κ2) is 6.11. The highest BCUT2D eigenvalue weighted by molar-refractivity contribution is 5.83. The second-order valence-electron chi connectivity index (χ2n) is 5.47. The highest BCUT2D eigenvalue weighted by atomic mass is 19.1. The summed E-state index contributed by atoms with van der Waals surface area (Å²) < 4.78 is 13.2. The molecule has 114 valence electrons. The van der Waals surface area contributed by atoms with Gasteiger partial charge in [-0.25, -0.2) is 14.0 Å². The molecule has 0 bridgehead atoms. The van der Waals surface area contributed by atoms with E-state index in [1.165, 1.54) is 17.0 Å². The van der Waals surface area contributed by atoms with Gasteiger partial charge >= 0.3 is 12.0 Å². The molecule has 1 aromatic carbocycles. The summed E-state index contributed by atoms with van der Waals surface area (Å²) in [5, 5.41) is 11.9. The van der Waals surface area contributed by atoms with Crippen molar-refractivity contribution in [3.8, 4) is 0 Å². The van der Waals surface area contributed by atoms with Crippen LogP contribution < -0.4 is 5.32 Å². The fraction of sp³-hybridized carbons (Fsp3) is 0.467. The van der Waals surface area contributed by atoms with Gasteiger partial charge in [0.1, 0.15) is 11.9 Å². The Morgan fingerprint density at radius 3 is 2.81 bits per heavy atom. The van der Waals surface area contributed by atoms with Crippen LogP contribution in [0, 0.1) is 11.7 Å². The van der Waals surface area contributed by atoms with Crippen LogP contribution in [-0.2, 0) is 4.79 Å². The topological polar surface area (TPSA) is 69.6 Å². The van der Waals surface area contributed by atoms with E-state index in [2.05, 4.69) is 5.32 Å². The molecular formula is C15H19FN2O3. The highest BCUT2D eigenvalue weighted by Gasteiger charge is 2.39. The predicted octanol–water partition coefficient (Wildman–Crippen LogP) is 2.39. The summed E-state index contributed by atoms with van der Waals surface area (Å²) in [6, 6.07) is 4.36. The number of amides is 2. The number of hydrogen-bond donors (Lipinski definition) is 2. The van der Waals surface area contributed by atoms with Crippen molar-refractivity contribution in [1.29, 1.82) is 0 Å². The predicted molar refractivity (Wildman–Crippen MR) is 75.3 cm³/mol. The van der Waals surface area contributed by atoms with E-state index in [0.29, 0.717) is 18.5 Å². The summed E-state index contributed by atoms with van der Waals surface area (Å²) in [6.07, 6.45) is 0.665. The number of nitrogens with zero attached hydrogens (tertiary/aromatic N) is 1. The molecule has 0 saturated carbocycles. The molecule has 1 aromatic rings. The summed E-state index contributed by atoms with van der Waals surface area (Å²) in [5.74, 6) is -1.43. The van der Waals surface area contributed by atoms with Crippen molar-refractivity contribution < 1.29 is 19.1 Å². The van der Waals surface area contributed by atoms with Gasteiger partial charge in [-0.15, -0.1) is 0 Å². The number of carboxylic acids is 1. The lowest BCUT2D eigenvalue weighted by Gasteiger charge is -2.25. The fourth-order valence-corrected chi connectivity index (χ4v) is 2.68. The number of likely N-dealkylation sites (tertiary alicyclic amines) is 1. The van der Waals surface area contributed by atoms with E-state index in [9.17, 15) is 19.1 Å². The van der Waals surface area contributed by atoms with E-state index in [4.69, 9.17) is 0 Å². The number of hydrogen-bond acceptors (Lipinski definition) is 2. The van der Waals surface area contributed by atoms with Crippen LogP contribution in [0.1, 0.15) is 31.9 Å². The summed E-state index contributed by atoms with van der Waals surface area (Å²) >= 11 is 0. The molecule has 1 heterocycles. The van der Waals surface area contributed by atoms with Crippen LogP contribution in [0.2, 0.25) is 0 Å². The summed E-state index contributed by atoms with van der Waals surface area (Å²) in [6.45, 7) is 3.98. The lowest BCUT2D eigenvalue weighted by molar-refractivity contribution is -0.142. The third kappa shape index (κ3) is 3.32. The quantitative estimate of drug-likeness (QED) is 0.899. The molecule has 2 N–H and O–H groups in total. The number of nitrogens with one attached hydrogen (secondary N) is 1. The molecule has 5 nitrogen and oxygen atoms in total. The van der Waals surface area contributed by atoms with E-state index in [0.717, 1.165) is 0 Å². The zero-order chi connectivity index (χ0) is 15.6. The minimum absolute atomic E-state index is 0.0716. The average Bonchev–Trinajstić information content (AvgIpc) is 2.80. The molecule has 1 aliphatic rings. The van der Waals surface area contributed by atoms with Gasteiger partial charge in [-0.3, -0.25) is 0 Å². The third-order valence-corrected chi connectivity index (χ3v) is 3.90.